The number of hydrogen-bond donors (Lipinski definition) is 2. The van der Waals surface area contributed by atoms with E-state index in [0.717, 1.165) is 30.2 Å². The van der Waals surface area contributed by atoms with Crippen molar-refractivity contribution >= 4 is 48.0 Å². The standard InChI is InChI=1S/C16H22ClN3O2.2ClH/c17-12-2-1-3-14(10-12)20-7-4-13(11-20)19-15(21)16(18)5-8-22-9-6-16;;/h1-3,10,13H,4-9,11,18H2,(H,19,21);2*1H. The molecule has 0 radical (unpaired) electrons. The van der Waals surface area contributed by atoms with Crippen molar-refractivity contribution in [1.82, 2.24) is 5.32 Å². The van der Waals surface area contributed by atoms with Crippen molar-refractivity contribution in [3.63, 3.8) is 0 Å². The van der Waals surface area contributed by atoms with E-state index in [4.69, 9.17) is 22.1 Å². The normalized spacial score (nSPS) is 22.2. The molecule has 2 heterocycles. The minimum absolute atomic E-state index is 0. The first-order valence-corrected chi connectivity index (χ1v) is 8.13. The van der Waals surface area contributed by atoms with E-state index in [-0.39, 0.29) is 36.8 Å². The Morgan fingerprint density at radius 2 is 2.04 bits per heavy atom. The van der Waals surface area contributed by atoms with Gasteiger partial charge in [0.2, 0.25) is 5.91 Å². The molecule has 136 valence electrons. The van der Waals surface area contributed by atoms with Gasteiger partial charge in [-0.05, 0) is 37.5 Å². The molecule has 24 heavy (non-hydrogen) atoms. The van der Waals surface area contributed by atoms with Crippen molar-refractivity contribution in [2.24, 2.45) is 5.73 Å². The Kier molecular flexibility index (Phi) is 8.09. The molecule has 0 spiro atoms. The molecule has 2 fully saturated rings. The third kappa shape index (κ3) is 4.90. The van der Waals surface area contributed by atoms with Crippen LogP contribution >= 0.6 is 36.4 Å². The summed E-state index contributed by atoms with van der Waals surface area (Å²) < 4.78 is 5.29. The molecule has 1 atom stereocenters. The van der Waals surface area contributed by atoms with Crippen LogP contribution in [0.5, 0.6) is 0 Å². The zero-order valence-corrected chi connectivity index (χ0v) is 15.8. The maximum absolute atomic E-state index is 12.4. The highest BCUT2D eigenvalue weighted by atomic mass is 35.5. The van der Waals surface area contributed by atoms with Gasteiger partial charge < -0.3 is 20.7 Å². The van der Waals surface area contributed by atoms with Crippen molar-refractivity contribution in [2.45, 2.75) is 30.8 Å². The van der Waals surface area contributed by atoms with Gasteiger partial charge in [-0.2, -0.15) is 0 Å². The first kappa shape index (κ1) is 21.3. The fraction of sp³-hybridized carbons (Fsp3) is 0.562. The molecule has 1 unspecified atom stereocenters. The van der Waals surface area contributed by atoms with Crippen LogP contribution < -0.4 is 16.0 Å². The number of anilines is 1. The monoisotopic (exact) mass is 395 g/mol. The third-order valence-electron chi connectivity index (χ3n) is 4.53. The predicted molar refractivity (Wildman–Crippen MR) is 102 cm³/mol. The second-order valence-corrected chi connectivity index (χ2v) is 6.59. The molecule has 0 aliphatic carbocycles. The molecule has 1 aromatic carbocycles. The van der Waals surface area contributed by atoms with Crippen LogP contribution in [0, 0.1) is 0 Å². The lowest BCUT2D eigenvalue weighted by Gasteiger charge is -2.33. The number of benzene rings is 1. The number of carbonyl (C=O) groups excluding carboxylic acids is 1. The summed E-state index contributed by atoms with van der Waals surface area (Å²) in [5.74, 6) is -0.0475. The summed E-state index contributed by atoms with van der Waals surface area (Å²) in [4.78, 5) is 14.7. The maximum Gasteiger partial charge on any atom is 0.240 e. The topological polar surface area (TPSA) is 67.6 Å². The summed E-state index contributed by atoms with van der Waals surface area (Å²) in [6.45, 7) is 2.82. The van der Waals surface area contributed by atoms with Gasteiger partial charge in [-0.1, -0.05) is 17.7 Å². The number of amides is 1. The molecule has 0 bridgehead atoms. The van der Waals surface area contributed by atoms with Crippen molar-refractivity contribution in [1.29, 1.82) is 0 Å². The van der Waals surface area contributed by atoms with Crippen molar-refractivity contribution < 1.29 is 9.53 Å². The number of ether oxygens (including phenoxy) is 1. The Bertz CT molecular complexity index is 553. The lowest BCUT2D eigenvalue weighted by molar-refractivity contribution is -0.130. The number of nitrogens with zero attached hydrogens (tertiary/aromatic N) is 1. The number of nitrogens with one attached hydrogen (secondary N) is 1. The van der Waals surface area contributed by atoms with Crippen LogP contribution in [-0.4, -0.2) is 43.8 Å². The van der Waals surface area contributed by atoms with Crippen LogP contribution in [0.2, 0.25) is 5.02 Å². The van der Waals surface area contributed by atoms with Crippen molar-refractivity contribution in [3.8, 4) is 0 Å². The molecular weight excluding hydrogens is 373 g/mol. The molecule has 2 aliphatic rings. The second kappa shape index (κ2) is 9.11. The number of hydrogen-bond acceptors (Lipinski definition) is 4. The summed E-state index contributed by atoms with van der Waals surface area (Å²) in [5, 5.41) is 3.84. The molecular formula is C16H24Cl3N3O2. The van der Waals surface area contributed by atoms with Crippen LogP contribution in [0.25, 0.3) is 0 Å². The van der Waals surface area contributed by atoms with E-state index < -0.39 is 5.54 Å². The van der Waals surface area contributed by atoms with Gasteiger partial charge >= 0.3 is 0 Å². The van der Waals surface area contributed by atoms with Gasteiger partial charge in [0.25, 0.3) is 0 Å². The average Bonchev–Trinajstić information content (AvgIpc) is 2.96. The fourth-order valence-electron chi connectivity index (χ4n) is 3.08. The molecule has 0 saturated carbocycles. The Hall–Kier alpha value is -0.720. The Labute approximate surface area is 160 Å². The van der Waals surface area contributed by atoms with E-state index in [0.29, 0.717) is 26.1 Å². The molecule has 1 aromatic rings. The van der Waals surface area contributed by atoms with Crippen LogP contribution in [0.3, 0.4) is 0 Å². The Morgan fingerprint density at radius 1 is 1.33 bits per heavy atom. The lowest BCUT2D eigenvalue weighted by atomic mass is 9.90. The average molecular weight is 397 g/mol. The van der Waals surface area contributed by atoms with Gasteiger partial charge in [0.1, 0.15) is 0 Å². The van der Waals surface area contributed by atoms with Gasteiger partial charge in [-0.25, -0.2) is 0 Å². The van der Waals surface area contributed by atoms with Crippen LogP contribution in [0.4, 0.5) is 5.69 Å². The quantitative estimate of drug-likeness (QED) is 0.823. The second-order valence-electron chi connectivity index (χ2n) is 6.15. The first-order chi connectivity index (χ1) is 10.6. The summed E-state index contributed by atoms with van der Waals surface area (Å²) in [5.41, 5.74) is 6.54. The number of halogens is 3. The number of carbonyl (C=O) groups is 1. The van der Waals surface area contributed by atoms with Crippen molar-refractivity contribution in [2.75, 3.05) is 31.2 Å². The van der Waals surface area contributed by atoms with Gasteiger partial charge in [-0.15, -0.1) is 24.8 Å². The molecule has 2 saturated heterocycles. The highest BCUT2D eigenvalue weighted by Crippen LogP contribution is 2.24. The van der Waals surface area contributed by atoms with E-state index in [1.807, 2.05) is 24.3 Å². The summed E-state index contributed by atoms with van der Waals surface area (Å²) in [7, 11) is 0. The predicted octanol–water partition coefficient (Wildman–Crippen LogP) is 2.39. The van der Waals surface area contributed by atoms with Crippen molar-refractivity contribution in [3.05, 3.63) is 29.3 Å². The van der Waals surface area contributed by atoms with Crippen LogP contribution in [0.1, 0.15) is 19.3 Å². The zero-order chi connectivity index (χ0) is 15.6. The summed E-state index contributed by atoms with van der Waals surface area (Å²) in [6.07, 6.45) is 2.10. The van der Waals surface area contributed by atoms with Crippen LogP contribution in [0.15, 0.2) is 24.3 Å². The molecule has 3 rings (SSSR count). The molecule has 5 nitrogen and oxygen atoms in total. The van der Waals surface area contributed by atoms with E-state index in [1.54, 1.807) is 0 Å². The molecule has 2 aliphatic heterocycles. The first-order valence-electron chi connectivity index (χ1n) is 7.75. The fourth-order valence-corrected chi connectivity index (χ4v) is 3.26. The van der Waals surface area contributed by atoms with E-state index in [2.05, 4.69) is 10.2 Å². The lowest BCUT2D eigenvalue weighted by Crippen LogP contribution is -2.59. The summed E-state index contributed by atoms with van der Waals surface area (Å²) in [6, 6.07) is 7.94. The van der Waals surface area contributed by atoms with Crippen LogP contribution in [-0.2, 0) is 9.53 Å². The molecule has 0 aromatic heterocycles. The van der Waals surface area contributed by atoms with Gasteiger partial charge in [0.05, 0.1) is 5.54 Å². The summed E-state index contributed by atoms with van der Waals surface area (Å²) >= 11 is 6.04. The van der Waals surface area contributed by atoms with Gasteiger partial charge in [0, 0.05) is 43.1 Å². The smallest absolute Gasteiger partial charge is 0.240 e. The minimum Gasteiger partial charge on any atom is -0.381 e. The van der Waals surface area contributed by atoms with Gasteiger partial charge in [-0.3, -0.25) is 4.79 Å². The minimum atomic E-state index is -0.776. The highest BCUT2D eigenvalue weighted by Gasteiger charge is 2.37. The zero-order valence-electron chi connectivity index (χ0n) is 13.4. The van der Waals surface area contributed by atoms with E-state index >= 15 is 0 Å². The Morgan fingerprint density at radius 3 is 2.71 bits per heavy atom. The van der Waals surface area contributed by atoms with Gasteiger partial charge in [0.15, 0.2) is 0 Å². The third-order valence-corrected chi connectivity index (χ3v) is 4.77. The number of rotatable bonds is 3. The maximum atomic E-state index is 12.4. The highest BCUT2D eigenvalue weighted by molar-refractivity contribution is 6.30. The van der Waals surface area contributed by atoms with E-state index in [9.17, 15) is 4.79 Å². The molecule has 8 heteroatoms. The van der Waals surface area contributed by atoms with E-state index in [1.165, 1.54) is 0 Å². The molecule has 3 N–H and O–H groups in total. The number of nitrogens with two attached hydrogens (primary N) is 1. The Balaban J connectivity index is 0.00000144. The largest absolute Gasteiger partial charge is 0.381 e. The molecule has 1 amide bonds. The SMILES string of the molecule is Cl.Cl.NC1(C(=O)NC2CCN(c3cccc(Cl)c3)C2)CCOCC1.